The maximum atomic E-state index is 5.14. The van der Waals surface area contributed by atoms with Gasteiger partial charge in [0.05, 0.1) is 17.1 Å². The van der Waals surface area contributed by atoms with Gasteiger partial charge in [0.2, 0.25) is 5.95 Å². The molecule has 0 amide bonds. The summed E-state index contributed by atoms with van der Waals surface area (Å²) in [5.41, 5.74) is 2.02. The van der Waals surface area contributed by atoms with Crippen LogP contribution in [0, 0.1) is 0 Å². The highest BCUT2D eigenvalue weighted by atomic mass is 16.5. The smallest absolute Gasteiger partial charge is 0.201 e. The number of aromatic amines is 1. The van der Waals surface area contributed by atoms with Crippen molar-refractivity contribution >= 4 is 17.0 Å². The van der Waals surface area contributed by atoms with Crippen molar-refractivity contribution in [2.24, 2.45) is 0 Å². The van der Waals surface area contributed by atoms with E-state index in [1.807, 2.05) is 31.2 Å². The van der Waals surface area contributed by atoms with Crippen LogP contribution >= 0.6 is 0 Å². The molecule has 1 aromatic heterocycles. The van der Waals surface area contributed by atoms with Gasteiger partial charge in [0.1, 0.15) is 0 Å². The number of hydrogen-bond donors (Lipinski definition) is 2. The summed E-state index contributed by atoms with van der Waals surface area (Å²) in [5, 5.41) is 3.19. The third-order valence-corrected chi connectivity index (χ3v) is 2.35. The highest BCUT2D eigenvalue weighted by Crippen LogP contribution is 2.13. The predicted molar refractivity (Wildman–Crippen MR) is 61.1 cm³/mol. The largest absolute Gasteiger partial charge is 0.380 e. The van der Waals surface area contributed by atoms with Crippen molar-refractivity contribution in [3.05, 3.63) is 24.3 Å². The fourth-order valence-electron chi connectivity index (χ4n) is 1.36. The number of methoxy groups -OCH3 is 1. The highest BCUT2D eigenvalue weighted by Gasteiger charge is 2.03. The lowest BCUT2D eigenvalue weighted by Gasteiger charge is -2.09. The molecule has 0 fully saturated rings. The third-order valence-electron chi connectivity index (χ3n) is 2.35. The minimum atomic E-state index is 0.179. The first kappa shape index (κ1) is 9.98. The van der Waals surface area contributed by atoms with Gasteiger partial charge in [-0.15, -0.1) is 0 Å². The van der Waals surface area contributed by atoms with Gasteiger partial charge < -0.3 is 15.0 Å². The fourth-order valence-corrected chi connectivity index (χ4v) is 1.36. The Kier molecular flexibility index (Phi) is 2.87. The van der Waals surface area contributed by atoms with Crippen molar-refractivity contribution < 1.29 is 4.74 Å². The molecule has 0 bridgehead atoms. The number of imidazole rings is 1. The zero-order chi connectivity index (χ0) is 10.7. The van der Waals surface area contributed by atoms with Gasteiger partial charge in [0.15, 0.2) is 0 Å². The highest BCUT2D eigenvalue weighted by molar-refractivity contribution is 5.77. The summed E-state index contributed by atoms with van der Waals surface area (Å²) in [4.78, 5) is 7.59. The molecule has 1 aromatic carbocycles. The zero-order valence-corrected chi connectivity index (χ0v) is 8.95. The summed E-state index contributed by atoms with van der Waals surface area (Å²) in [7, 11) is 1.70. The predicted octanol–water partition coefficient (Wildman–Crippen LogP) is 2.01. The Labute approximate surface area is 88.7 Å². The van der Waals surface area contributed by atoms with E-state index in [1.54, 1.807) is 7.11 Å². The van der Waals surface area contributed by atoms with Crippen LogP contribution in [0.4, 0.5) is 5.95 Å². The van der Waals surface area contributed by atoms with Crippen LogP contribution in [0.5, 0.6) is 0 Å². The zero-order valence-electron chi connectivity index (χ0n) is 8.95. The van der Waals surface area contributed by atoms with Gasteiger partial charge in [-0.3, -0.25) is 0 Å². The molecule has 0 radical (unpaired) electrons. The van der Waals surface area contributed by atoms with Gasteiger partial charge in [0, 0.05) is 13.7 Å². The van der Waals surface area contributed by atoms with Gasteiger partial charge in [-0.05, 0) is 19.1 Å². The molecule has 0 saturated heterocycles. The van der Waals surface area contributed by atoms with Crippen molar-refractivity contribution in [2.75, 3.05) is 19.0 Å². The monoisotopic (exact) mass is 205 g/mol. The summed E-state index contributed by atoms with van der Waals surface area (Å²) < 4.78 is 5.14. The molecule has 1 atom stereocenters. The molecule has 4 nitrogen and oxygen atoms in total. The Balaban J connectivity index is 2.09. The van der Waals surface area contributed by atoms with Crippen molar-refractivity contribution in [3.63, 3.8) is 0 Å². The number of H-pyrrole nitrogens is 1. The van der Waals surface area contributed by atoms with E-state index >= 15 is 0 Å². The van der Waals surface area contributed by atoms with E-state index in [4.69, 9.17) is 4.74 Å². The van der Waals surface area contributed by atoms with Gasteiger partial charge >= 0.3 is 0 Å². The molecule has 4 heteroatoms. The quantitative estimate of drug-likeness (QED) is 0.802. The molecule has 80 valence electrons. The van der Waals surface area contributed by atoms with E-state index in [9.17, 15) is 0 Å². The maximum Gasteiger partial charge on any atom is 0.201 e. The van der Waals surface area contributed by atoms with Crippen molar-refractivity contribution in [3.8, 4) is 0 Å². The maximum absolute atomic E-state index is 5.14. The SMILES string of the molecule is COC(C)CNc1nc2ccccc2[nH]1. The second kappa shape index (κ2) is 4.31. The summed E-state index contributed by atoms with van der Waals surface area (Å²) >= 11 is 0. The summed E-state index contributed by atoms with van der Waals surface area (Å²) in [6, 6.07) is 7.96. The lowest BCUT2D eigenvalue weighted by atomic mass is 10.3. The van der Waals surface area contributed by atoms with Crippen LogP contribution in [-0.2, 0) is 4.74 Å². The van der Waals surface area contributed by atoms with Crippen LogP contribution in [0.1, 0.15) is 6.92 Å². The Morgan fingerprint density at radius 2 is 2.27 bits per heavy atom. The molecule has 0 saturated carbocycles. The minimum absolute atomic E-state index is 0.179. The first-order valence-corrected chi connectivity index (χ1v) is 5.01. The van der Waals surface area contributed by atoms with Gasteiger partial charge in [-0.2, -0.15) is 0 Å². The minimum Gasteiger partial charge on any atom is -0.380 e. The third kappa shape index (κ3) is 2.27. The lowest BCUT2D eigenvalue weighted by molar-refractivity contribution is 0.128. The van der Waals surface area contributed by atoms with Gasteiger partial charge in [0.25, 0.3) is 0 Å². The molecule has 0 spiro atoms. The van der Waals surface area contributed by atoms with Gasteiger partial charge in [-0.25, -0.2) is 4.98 Å². The van der Waals surface area contributed by atoms with E-state index < -0.39 is 0 Å². The Morgan fingerprint density at radius 1 is 1.47 bits per heavy atom. The number of nitrogens with zero attached hydrogens (tertiary/aromatic N) is 1. The Hall–Kier alpha value is -1.55. The van der Waals surface area contributed by atoms with E-state index in [2.05, 4.69) is 15.3 Å². The second-order valence-corrected chi connectivity index (χ2v) is 3.53. The molecule has 1 heterocycles. The number of aromatic nitrogens is 2. The molecule has 2 aromatic rings. The van der Waals surface area contributed by atoms with Crippen LogP contribution in [0.2, 0.25) is 0 Å². The average molecular weight is 205 g/mol. The van der Waals surface area contributed by atoms with E-state index in [1.165, 1.54) is 0 Å². The van der Waals surface area contributed by atoms with Gasteiger partial charge in [-0.1, -0.05) is 12.1 Å². The normalized spacial score (nSPS) is 12.9. The number of anilines is 1. The number of ether oxygens (including phenoxy) is 1. The fraction of sp³-hybridized carbons (Fsp3) is 0.364. The van der Waals surface area contributed by atoms with Crippen LogP contribution in [0.25, 0.3) is 11.0 Å². The lowest BCUT2D eigenvalue weighted by Crippen LogP contribution is -2.18. The molecular weight excluding hydrogens is 190 g/mol. The van der Waals surface area contributed by atoms with Crippen molar-refractivity contribution in [2.45, 2.75) is 13.0 Å². The molecule has 1 unspecified atom stereocenters. The molecule has 0 aliphatic rings. The van der Waals surface area contributed by atoms with E-state index in [-0.39, 0.29) is 6.10 Å². The summed E-state index contributed by atoms with van der Waals surface area (Å²) in [5.74, 6) is 0.792. The molecule has 15 heavy (non-hydrogen) atoms. The first-order valence-electron chi connectivity index (χ1n) is 5.01. The second-order valence-electron chi connectivity index (χ2n) is 3.53. The van der Waals surface area contributed by atoms with Crippen LogP contribution in [0.3, 0.4) is 0 Å². The molecule has 2 rings (SSSR count). The molecule has 0 aliphatic heterocycles. The van der Waals surface area contributed by atoms with Crippen molar-refractivity contribution in [1.82, 2.24) is 9.97 Å². The Morgan fingerprint density at radius 3 is 3.00 bits per heavy atom. The molecular formula is C11H15N3O. The average Bonchev–Trinajstić information content (AvgIpc) is 2.68. The summed E-state index contributed by atoms with van der Waals surface area (Å²) in [6.45, 7) is 2.76. The Bertz CT molecular complexity index is 405. The number of rotatable bonds is 4. The molecule has 2 N–H and O–H groups in total. The number of para-hydroxylation sites is 2. The van der Waals surface area contributed by atoms with Crippen LogP contribution in [0.15, 0.2) is 24.3 Å². The van der Waals surface area contributed by atoms with E-state index in [0.29, 0.717) is 0 Å². The van der Waals surface area contributed by atoms with E-state index in [0.717, 1.165) is 23.5 Å². The number of nitrogens with one attached hydrogen (secondary N) is 2. The topological polar surface area (TPSA) is 49.9 Å². The number of hydrogen-bond acceptors (Lipinski definition) is 3. The van der Waals surface area contributed by atoms with Crippen LogP contribution in [-0.4, -0.2) is 29.7 Å². The standard InChI is InChI=1S/C11H15N3O/c1-8(15-2)7-12-11-13-9-5-3-4-6-10(9)14-11/h3-6,8H,7H2,1-2H3,(H2,12,13,14). The molecule has 0 aliphatic carbocycles. The number of fused-ring (bicyclic) bond motifs is 1. The first-order chi connectivity index (χ1) is 7.29. The van der Waals surface area contributed by atoms with Crippen molar-refractivity contribution in [1.29, 1.82) is 0 Å². The number of benzene rings is 1. The summed E-state index contributed by atoms with van der Waals surface area (Å²) in [6.07, 6.45) is 0.179. The van der Waals surface area contributed by atoms with Crippen LogP contribution < -0.4 is 5.32 Å².